The van der Waals surface area contributed by atoms with Gasteiger partial charge >= 0.3 is 12.1 Å². The number of rotatable bonds is 11. The average molecular weight is 362 g/mol. The quantitative estimate of drug-likeness (QED) is 0.212. The van der Waals surface area contributed by atoms with E-state index >= 15 is 0 Å². The summed E-state index contributed by atoms with van der Waals surface area (Å²) >= 11 is 0. The van der Waals surface area contributed by atoms with Crippen molar-refractivity contribution >= 4 is 18.0 Å². The maximum atomic E-state index is 12.3. The number of amides is 2. The van der Waals surface area contributed by atoms with Crippen molar-refractivity contribution < 1.29 is 28.6 Å². The lowest BCUT2D eigenvalue weighted by molar-refractivity contribution is -0.152. The molecule has 0 aliphatic rings. The van der Waals surface area contributed by atoms with E-state index in [1.807, 2.05) is 0 Å². The smallest absolute Gasteiger partial charge is 0.407 e. The Morgan fingerprint density at radius 2 is 1.76 bits per heavy atom. The van der Waals surface area contributed by atoms with Crippen molar-refractivity contribution in [2.75, 3.05) is 26.5 Å². The van der Waals surface area contributed by atoms with Crippen molar-refractivity contribution in [1.29, 1.82) is 0 Å². The first-order chi connectivity index (χ1) is 11.7. The van der Waals surface area contributed by atoms with E-state index in [-0.39, 0.29) is 19.9 Å². The number of alkyl carbamates (subject to hydrolysis) is 1. The van der Waals surface area contributed by atoms with Crippen molar-refractivity contribution in [3.8, 4) is 0 Å². The van der Waals surface area contributed by atoms with Crippen LogP contribution in [0.4, 0.5) is 4.79 Å². The molecule has 2 amide bonds. The molecule has 0 aromatic rings. The zero-order valence-corrected chi connectivity index (χ0v) is 15.3. The van der Waals surface area contributed by atoms with Gasteiger partial charge in [-0.05, 0) is 40.7 Å². The van der Waals surface area contributed by atoms with Gasteiger partial charge in [-0.25, -0.2) is 9.59 Å². The molecule has 6 N–H and O–H groups in total. The second kappa shape index (κ2) is 11.6. The summed E-state index contributed by atoms with van der Waals surface area (Å²) in [7, 11) is 0. The Morgan fingerprint density at radius 1 is 1.12 bits per heavy atom. The highest BCUT2D eigenvalue weighted by Crippen LogP contribution is 2.10. The first-order valence-corrected chi connectivity index (χ1v) is 8.14. The molecule has 146 valence electrons. The molecule has 2 unspecified atom stereocenters. The molecule has 0 saturated carbocycles. The van der Waals surface area contributed by atoms with Gasteiger partial charge in [0.2, 0.25) is 0 Å². The van der Waals surface area contributed by atoms with Crippen molar-refractivity contribution in [2.24, 2.45) is 11.5 Å². The van der Waals surface area contributed by atoms with Gasteiger partial charge < -0.3 is 36.3 Å². The van der Waals surface area contributed by atoms with E-state index in [1.54, 1.807) is 13.8 Å². The second-order valence-electron chi connectivity index (χ2n) is 5.74. The van der Waals surface area contributed by atoms with Crippen LogP contribution in [0, 0.1) is 0 Å². The number of nitrogens with one attached hydrogen (secondary N) is 2. The third-order valence-electron chi connectivity index (χ3n) is 3.25. The Morgan fingerprint density at radius 3 is 2.28 bits per heavy atom. The van der Waals surface area contributed by atoms with E-state index < -0.39 is 35.7 Å². The first-order valence-electron chi connectivity index (χ1n) is 8.14. The van der Waals surface area contributed by atoms with Crippen LogP contribution in [0.5, 0.6) is 0 Å². The number of carbonyl (C=O) groups is 3. The van der Waals surface area contributed by atoms with Crippen LogP contribution in [0.15, 0.2) is 0 Å². The molecule has 0 aromatic heterocycles. The summed E-state index contributed by atoms with van der Waals surface area (Å²) < 4.78 is 15.0. The van der Waals surface area contributed by atoms with E-state index in [0.717, 1.165) is 0 Å². The molecule has 10 heteroatoms. The number of esters is 1. The summed E-state index contributed by atoms with van der Waals surface area (Å²) in [5.41, 5.74) is 9.37. The molecule has 0 saturated heterocycles. The van der Waals surface area contributed by atoms with E-state index in [4.69, 9.17) is 25.7 Å². The molecule has 0 rings (SSSR count). The van der Waals surface area contributed by atoms with Gasteiger partial charge in [0.25, 0.3) is 5.91 Å². The number of ether oxygens (including phenoxy) is 3. The van der Waals surface area contributed by atoms with Crippen molar-refractivity contribution in [3.63, 3.8) is 0 Å². The molecule has 0 aromatic carbocycles. The number of hydrogen-bond acceptors (Lipinski definition) is 8. The fraction of sp³-hybridized carbons (Fsp3) is 0.800. The molecule has 0 bridgehead atoms. The van der Waals surface area contributed by atoms with E-state index in [9.17, 15) is 14.4 Å². The summed E-state index contributed by atoms with van der Waals surface area (Å²) in [6.45, 7) is 6.71. The lowest BCUT2D eigenvalue weighted by Crippen LogP contribution is -2.59. The van der Waals surface area contributed by atoms with E-state index in [0.29, 0.717) is 13.0 Å². The average Bonchev–Trinajstić information content (AvgIpc) is 2.52. The maximum absolute atomic E-state index is 12.3. The fourth-order valence-corrected chi connectivity index (χ4v) is 1.77. The minimum atomic E-state index is -1.25. The topological polar surface area (TPSA) is 155 Å². The molecule has 2 atom stereocenters. The first kappa shape index (κ1) is 23.1. The third-order valence-corrected chi connectivity index (χ3v) is 3.25. The maximum Gasteiger partial charge on any atom is 0.407 e. The van der Waals surface area contributed by atoms with Crippen molar-refractivity contribution in [3.05, 3.63) is 0 Å². The van der Waals surface area contributed by atoms with Gasteiger partial charge in [-0.3, -0.25) is 4.79 Å². The molecule has 0 spiro atoms. The lowest BCUT2D eigenvalue weighted by Gasteiger charge is -2.29. The largest absolute Gasteiger partial charge is 0.464 e. The highest BCUT2D eigenvalue weighted by atomic mass is 16.5. The van der Waals surface area contributed by atoms with E-state index in [2.05, 4.69) is 10.6 Å². The Labute approximate surface area is 147 Å². The highest BCUT2D eigenvalue weighted by Gasteiger charge is 2.35. The number of nitrogens with two attached hydrogens (primary N) is 2. The molecule has 0 aliphatic heterocycles. The fourth-order valence-electron chi connectivity index (χ4n) is 1.77. The minimum Gasteiger partial charge on any atom is -0.464 e. The van der Waals surface area contributed by atoms with Gasteiger partial charge in [0.1, 0.15) is 11.6 Å². The molecule has 0 heterocycles. The molecule has 0 fully saturated rings. The minimum absolute atomic E-state index is 0.127. The Hall–Kier alpha value is -1.91. The summed E-state index contributed by atoms with van der Waals surface area (Å²) in [5, 5.41) is 5.00. The molecule has 0 radical (unpaired) electrons. The van der Waals surface area contributed by atoms with Gasteiger partial charge in [-0.15, -0.1) is 0 Å². The number of hydrogen-bond donors (Lipinski definition) is 4. The van der Waals surface area contributed by atoms with Crippen molar-refractivity contribution in [2.45, 2.75) is 51.8 Å². The Kier molecular flexibility index (Phi) is 10.7. The third kappa shape index (κ3) is 8.66. The predicted octanol–water partition coefficient (Wildman–Crippen LogP) is -0.791. The summed E-state index contributed by atoms with van der Waals surface area (Å²) in [5.74, 6) is -1.25. The van der Waals surface area contributed by atoms with Gasteiger partial charge in [0.05, 0.1) is 26.0 Å². The van der Waals surface area contributed by atoms with Crippen LogP contribution >= 0.6 is 0 Å². The molecular weight excluding hydrogens is 332 g/mol. The monoisotopic (exact) mass is 362 g/mol. The Bertz CT molecular complexity index is 444. The summed E-state index contributed by atoms with van der Waals surface area (Å²) in [6, 6.07) is -1.89. The van der Waals surface area contributed by atoms with Gasteiger partial charge in [-0.2, -0.15) is 0 Å². The molecular formula is C15H30N4O6. The highest BCUT2D eigenvalue weighted by molar-refractivity contribution is 5.89. The second-order valence-corrected chi connectivity index (χ2v) is 5.74. The van der Waals surface area contributed by atoms with Gasteiger partial charge in [0, 0.05) is 0 Å². The van der Waals surface area contributed by atoms with Crippen LogP contribution in [-0.2, 0) is 23.8 Å². The van der Waals surface area contributed by atoms with E-state index in [1.165, 1.54) is 13.8 Å². The Balaban J connectivity index is 4.95. The van der Waals surface area contributed by atoms with Crippen LogP contribution in [0.2, 0.25) is 0 Å². The van der Waals surface area contributed by atoms with Gasteiger partial charge in [0.15, 0.2) is 0 Å². The number of carbonyl (C=O) groups excluding carboxylic acids is 3. The van der Waals surface area contributed by atoms with Crippen LogP contribution in [0.25, 0.3) is 0 Å². The normalized spacial score (nSPS) is 13.5. The molecule has 10 nitrogen and oxygen atoms in total. The lowest BCUT2D eigenvalue weighted by atomic mass is 10.1. The SMILES string of the molecule is CCOC(=O)C(NC(=O)C(C)(C)OCN)C(C)NC(=O)OCCCN. The van der Waals surface area contributed by atoms with Crippen LogP contribution in [-0.4, -0.2) is 62.1 Å². The zero-order chi connectivity index (χ0) is 19.5. The molecule has 25 heavy (non-hydrogen) atoms. The summed E-state index contributed by atoms with van der Waals surface area (Å²) in [6.07, 6.45) is -0.202. The van der Waals surface area contributed by atoms with Crippen molar-refractivity contribution in [1.82, 2.24) is 10.6 Å². The molecule has 0 aliphatic carbocycles. The van der Waals surface area contributed by atoms with Crippen LogP contribution < -0.4 is 22.1 Å². The standard InChI is InChI=1S/C15H30N4O6/c1-5-23-12(20)11(19-13(21)15(3,4)25-9-17)10(2)18-14(22)24-8-6-7-16/h10-11H,5-9,16-17H2,1-4H3,(H,18,22)(H,19,21). The predicted molar refractivity (Wildman–Crippen MR) is 90.4 cm³/mol. The van der Waals surface area contributed by atoms with Gasteiger partial charge in [-0.1, -0.05) is 0 Å². The van der Waals surface area contributed by atoms with Crippen LogP contribution in [0.1, 0.15) is 34.1 Å². The summed E-state index contributed by atoms with van der Waals surface area (Å²) in [4.78, 5) is 36.2. The zero-order valence-electron chi connectivity index (χ0n) is 15.3. The van der Waals surface area contributed by atoms with Crippen LogP contribution in [0.3, 0.4) is 0 Å².